The molecular weight excluding hydrogens is 290 g/mol. The molecule has 0 aliphatic rings. The molecule has 0 aliphatic heterocycles. The second-order valence-electron chi connectivity index (χ2n) is 2.16. The molecule has 3 nitrogen and oxygen atoms in total. The molecule has 0 aliphatic carbocycles. The van der Waals surface area contributed by atoms with Gasteiger partial charge in [-0.2, -0.15) is 0 Å². The maximum Gasteiger partial charge on any atom is 0.386 e. The Labute approximate surface area is 84.4 Å². The van der Waals surface area contributed by atoms with Gasteiger partial charge in [0.25, 0.3) is 0 Å². The molecule has 0 spiro atoms. The second-order valence-corrected chi connectivity index (χ2v) is 5.90. The highest BCUT2D eigenvalue weighted by molar-refractivity contribution is 14.1. The Kier molecular flexibility index (Phi) is 3.55. The lowest BCUT2D eigenvalue weighted by molar-refractivity contribution is 0.387. The highest BCUT2D eigenvalue weighted by atomic mass is 127. The number of alkyl halides is 1. The Hall–Kier alpha value is -0.0600. The van der Waals surface area contributed by atoms with Crippen LogP contribution >= 0.6 is 30.2 Å². The molecule has 1 aromatic rings. The minimum atomic E-state index is -3.41. The van der Waals surface area contributed by atoms with Gasteiger partial charge in [-0.05, 0) is 12.1 Å². The molecule has 66 valence electrons. The summed E-state index contributed by atoms with van der Waals surface area (Å²) in [5.41, 5.74) is 0. The first kappa shape index (κ1) is 10.0. The van der Waals surface area contributed by atoms with E-state index in [0.29, 0.717) is 5.75 Å². The Morgan fingerprint density at radius 3 is 2.50 bits per heavy atom. The molecule has 0 aromatic heterocycles. The molecule has 0 saturated heterocycles. The van der Waals surface area contributed by atoms with E-state index >= 15 is 0 Å². The summed E-state index contributed by atoms with van der Waals surface area (Å²) < 4.78 is 16.0. The Bertz CT molecular complexity index is 288. The van der Waals surface area contributed by atoms with Crippen molar-refractivity contribution in [3.63, 3.8) is 0 Å². The Morgan fingerprint density at radius 2 is 2.00 bits per heavy atom. The number of halogens is 1. The fraction of sp³-hybridized carbons (Fsp3) is 0.143. The van der Waals surface area contributed by atoms with Crippen LogP contribution in [0.3, 0.4) is 0 Å². The third kappa shape index (κ3) is 3.13. The van der Waals surface area contributed by atoms with Gasteiger partial charge in [0.1, 0.15) is 9.92 Å². The summed E-state index contributed by atoms with van der Waals surface area (Å²) in [6, 6.07) is 8.62. The summed E-state index contributed by atoms with van der Waals surface area (Å²) in [7, 11) is -3.41. The number of rotatable bonds is 3. The number of hydrogen-bond acceptors (Lipinski definition) is 2. The molecular formula is C7H8IO3P. The molecule has 1 aromatic carbocycles. The van der Waals surface area contributed by atoms with Crippen LogP contribution in [0.5, 0.6) is 5.75 Å². The van der Waals surface area contributed by atoms with E-state index in [1.165, 1.54) is 0 Å². The molecule has 0 amide bonds. The fourth-order valence-electron chi connectivity index (χ4n) is 0.670. The first-order chi connectivity index (χ1) is 5.64. The van der Waals surface area contributed by atoms with Gasteiger partial charge in [0.05, 0.1) is 0 Å². The lowest BCUT2D eigenvalue weighted by Gasteiger charge is -2.09. The maximum atomic E-state index is 11.1. The van der Waals surface area contributed by atoms with Crippen LogP contribution in [0.1, 0.15) is 0 Å². The number of benzene rings is 1. The zero-order chi connectivity index (χ0) is 9.03. The van der Waals surface area contributed by atoms with Crippen LogP contribution < -0.4 is 4.52 Å². The summed E-state index contributed by atoms with van der Waals surface area (Å²) in [5.74, 6) is 0.431. The van der Waals surface area contributed by atoms with Crippen molar-refractivity contribution < 1.29 is 14.0 Å². The van der Waals surface area contributed by atoms with Crippen molar-refractivity contribution >= 4 is 30.2 Å². The van der Waals surface area contributed by atoms with E-state index in [-0.39, 0.29) is 4.17 Å². The lowest BCUT2D eigenvalue weighted by atomic mass is 10.3. The van der Waals surface area contributed by atoms with Crippen LogP contribution in [0, 0.1) is 0 Å². The van der Waals surface area contributed by atoms with Crippen molar-refractivity contribution in [2.75, 3.05) is 4.17 Å². The van der Waals surface area contributed by atoms with Crippen LogP contribution in [0.25, 0.3) is 0 Å². The lowest BCUT2D eigenvalue weighted by Crippen LogP contribution is -1.91. The molecule has 0 heterocycles. The third-order valence-corrected chi connectivity index (χ3v) is 4.53. The summed E-state index contributed by atoms with van der Waals surface area (Å²) in [6.07, 6.45) is 0. The highest BCUT2D eigenvalue weighted by Gasteiger charge is 2.17. The van der Waals surface area contributed by atoms with Crippen molar-refractivity contribution in [3.8, 4) is 5.75 Å². The first-order valence-electron chi connectivity index (χ1n) is 3.26. The SMILES string of the molecule is O=P(O)(CI)Oc1ccccc1. The van der Waals surface area contributed by atoms with Crippen LogP contribution in [-0.4, -0.2) is 9.06 Å². The van der Waals surface area contributed by atoms with Gasteiger partial charge in [-0.15, -0.1) is 0 Å². The van der Waals surface area contributed by atoms with E-state index in [1.54, 1.807) is 24.3 Å². The van der Waals surface area contributed by atoms with Crippen LogP contribution in [0.2, 0.25) is 0 Å². The van der Waals surface area contributed by atoms with Gasteiger partial charge in [0.2, 0.25) is 0 Å². The van der Waals surface area contributed by atoms with E-state index in [2.05, 4.69) is 0 Å². The summed E-state index contributed by atoms with van der Waals surface area (Å²) >= 11 is 1.82. The van der Waals surface area contributed by atoms with Gasteiger partial charge in [0, 0.05) is 0 Å². The minimum Gasteiger partial charge on any atom is -0.424 e. The van der Waals surface area contributed by atoms with E-state index in [0.717, 1.165) is 0 Å². The van der Waals surface area contributed by atoms with E-state index in [4.69, 9.17) is 9.42 Å². The van der Waals surface area contributed by atoms with Crippen LogP contribution in [0.4, 0.5) is 0 Å². The monoisotopic (exact) mass is 298 g/mol. The largest absolute Gasteiger partial charge is 0.424 e. The predicted octanol–water partition coefficient (Wildman–Crippen LogP) is 2.64. The molecule has 1 rings (SSSR count). The molecule has 1 atom stereocenters. The summed E-state index contributed by atoms with van der Waals surface area (Å²) in [5, 5.41) is 0. The molecule has 5 heteroatoms. The molecule has 0 radical (unpaired) electrons. The fourth-order valence-corrected chi connectivity index (χ4v) is 1.59. The van der Waals surface area contributed by atoms with Crippen molar-refractivity contribution in [1.29, 1.82) is 0 Å². The van der Waals surface area contributed by atoms with Crippen molar-refractivity contribution in [1.82, 2.24) is 0 Å². The Morgan fingerprint density at radius 1 is 1.42 bits per heavy atom. The zero-order valence-electron chi connectivity index (χ0n) is 6.18. The van der Waals surface area contributed by atoms with Crippen molar-refractivity contribution in [3.05, 3.63) is 30.3 Å². The quantitative estimate of drug-likeness (QED) is 0.530. The molecule has 0 bridgehead atoms. The summed E-state index contributed by atoms with van der Waals surface area (Å²) in [4.78, 5) is 9.10. The molecule has 12 heavy (non-hydrogen) atoms. The molecule has 1 unspecified atom stereocenters. The minimum absolute atomic E-state index is 0.0969. The molecule has 0 saturated carbocycles. The van der Waals surface area contributed by atoms with Crippen molar-refractivity contribution in [2.24, 2.45) is 0 Å². The zero-order valence-corrected chi connectivity index (χ0v) is 9.23. The average Bonchev–Trinajstić information content (AvgIpc) is 2.06. The van der Waals surface area contributed by atoms with Gasteiger partial charge in [-0.25, -0.2) is 4.57 Å². The first-order valence-corrected chi connectivity index (χ1v) is 6.55. The standard InChI is InChI=1S/C7H8IO3P/c8-6-12(9,10)11-7-4-2-1-3-5-7/h1-5H,6H2,(H,9,10). The van der Waals surface area contributed by atoms with Gasteiger partial charge >= 0.3 is 7.60 Å². The normalized spacial score (nSPS) is 15.2. The van der Waals surface area contributed by atoms with Gasteiger partial charge in [-0.1, -0.05) is 40.8 Å². The van der Waals surface area contributed by atoms with Crippen LogP contribution in [0.15, 0.2) is 30.3 Å². The smallest absolute Gasteiger partial charge is 0.386 e. The van der Waals surface area contributed by atoms with Crippen molar-refractivity contribution in [2.45, 2.75) is 0 Å². The molecule has 0 fully saturated rings. The summed E-state index contributed by atoms with van der Waals surface area (Å²) in [6.45, 7) is 0. The average molecular weight is 298 g/mol. The predicted molar refractivity (Wildman–Crippen MR) is 55.8 cm³/mol. The number of hydrogen-bond donors (Lipinski definition) is 1. The van der Waals surface area contributed by atoms with E-state index in [1.807, 2.05) is 28.7 Å². The second kappa shape index (κ2) is 4.25. The van der Waals surface area contributed by atoms with E-state index in [9.17, 15) is 4.57 Å². The Balaban J connectivity index is 2.71. The highest BCUT2D eigenvalue weighted by Crippen LogP contribution is 2.43. The third-order valence-electron chi connectivity index (χ3n) is 1.14. The van der Waals surface area contributed by atoms with Gasteiger partial charge in [0.15, 0.2) is 0 Å². The van der Waals surface area contributed by atoms with Gasteiger partial charge < -0.3 is 9.42 Å². The number of para-hydroxylation sites is 1. The molecule has 1 N–H and O–H groups in total. The van der Waals surface area contributed by atoms with E-state index < -0.39 is 7.60 Å². The van der Waals surface area contributed by atoms with Crippen LogP contribution in [-0.2, 0) is 4.57 Å². The van der Waals surface area contributed by atoms with Gasteiger partial charge in [-0.3, -0.25) is 0 Å². The topological polar surface area (TPSA) is 46.5 Å². The maximum absolute atomic E-state index is 11.1.